The first-order valence-electron chi connectivity index (χ1n) is 7.09. The molecule has 0 saturated carbocycles. The predicted molar refractivity (Wildman–Crippen MR) is 74.3 cm³/mol. The summed E-state index contributed by atoms with van der Waals surface area (Å²) < 4.78 is 2.36. The molecule has 0 fully saturated rings. The monoisotopic (exact) mass is 234 g/mol. The van der Waals surface area contributed by atoms with Crippen LogP contribution in [0, 0.1) is 0 Å². The summed E-state index contributed by atoms with van der Waals surface area (Å²) in [6.07, 6.45) is 8.52. The highest BCUT2D eigenvalue weighted by atomic mass is 14.9. The van der Waals surface area contributed by atoms with E-state index in [0.29, 0.717) is 11.8 Å². The summed E-state index contributed by atoms with van der Waals surface area (Å²) >= 11 is 0. The van der Waals surface area contributed by atoms with E-state index in [2.05, 4.69) is 57.6 Å². The van der Waals surface area contributed by atoms with Crippen LogP contribution >= 0.6 is 0 Å². The lowest BCUT2D eigenvalue weighted by Gasteiger charge is -2.14. The Balaban J connectivity index is 2.86. The maximum absolute atomic E-state index is 2.36. The van der Waals surface area contributed by atoms with Crippen LogP contribution in [0.25, 0.3) is 0 Å². The van der Waals surface area contributed by atoms with Crippen molar-refractivity contribution >= 4 is 0 Å². The smallest absolute Gasteiger partial charge is 0.172 e. The van der Waals surface area contributed by atoms with Gasteiger partial charge in [0.1, 0.15) is 6.54 Å². The summed E-state index contributed by atoms with van der Waals surface area (Å²) in [5.41, 5.74) is 3.02. The van der Waals surface area contributed by atoms with Gasteiger partial charge in [-0.1, -0.05) is 41.0 Å². The Labute approximate surface area is 107 Å². The fourth-order valence-corrected chi connectivity index (χ4v) is 2.26. The van der Waals surface area contributed by atoms with Crippen molar-refractivity contribution in [2.45, 2.75) is 72.3 Å². The van der Waals surface area contributed by atoms with Gasteiger partial charge in [-0.2, -0.15) is 0 Å². The molecule has 1 aromatic heterocycles. The third kappa shape index (κ3) is 4.14. The average molecular weight is 234 g/mol. The molecular weight excluding hydrogens is 206 g/mol. The van der Waals surface area contributed by atoms with Gasteiger partial charge in [0.05, 0.1) is 0 Å². The molecule has 0 amide bonds. The van der Waals surface area contributed by atoms with E-state index in [0.717, 1.165) is 6.54 Å². The number of nitrogens with zero attached hydrogens (tertiary/aromatic N) is 1. The predicted octanol–water partition coefficient (Wildman–Crippen LogP) is 4.41. The van der Waals surface area contributed by atoms with Gasteiger partial charge in [-0.3, -0.25) is 0 Å². The van der Waals surface area contributed by atoms with E-state index in [-0.39, 0.29) is 0 Å². The van der Waals surface area contributed by atoms with Gasteiger partial charge < -0.3 is 0 Å². The Morgan fingerprint density at radius 3 is 2.18 bits per heavy atom. The Hall–Kier alpha value is -0.850. The van der Waals surface area contributed by atoms with Crippen molar-refractivity contribution in [1.29, 1.82) is 0 Å². The van der Waals surface area contributed by atoms with Gasteiger partial charge in [0, 0.05) is 18.1 Å². The minimum absolute atomic E-state index is 0.617. The second kappa shape index (κ2) is 6.78. The summed E-state index contributed by atoms with van der Waals surface area (Å²) in [4.78, 5) is 0. The van der Waals surface area contributed by atoms with E-state index in [4.69, 9.17) is 0 Å². The molecule has 0 aliphatic rings. The first-order chi connectivity index (χ1) is 8.06. The summed E-state index contributed by atoms with van der Waals surface area (Å²) in [6, 6.07) is 2.31. The molecule has 0 radical (unpaired) electrons. The fourth-order valence-electron chi connectivity index (χ4n) is 2.26. The van der Waals surface area contributed by atoms with E-state index in [9.17, 15) is 0 Å². The largest absolute Gasteiger partial charge is 0.205 e. The molecule has 1 rings (SSSR count). The summed E-state index contributed by atoms with van der Waals surface area (Å²) in [5.74, 6) is 1.24. The van der Waals surface area contributed by atoms with Gasteiger partial charge in [-0.25, -0.2) is 4.57 Å². The highest BCUT2D eigenvalue weighted by molar-refractivity contribution is 5.27. The first-order valence-corrected chi connectivity index (χ1v) is 7.09. The van der Waals surface area contributed by atoms with E-state index in [1.807, 2.05) is 0 Å². The van der Waals surface area contributed by atoms with Crippen molar-refractivity contribution in [1.82, 2.24) is 0 Å². The van der Waals surface area contributed by atoms with Gasteiger partial charge in [-0.05, 0) is 23.8 Å². The minimum atomic E-state index is 0.617. The Kier molecular flexibility index (Phi) is 5.67. The van der Waals surface area contributed by atoms with Crippen molar-refractivity contribution in [3.8, 4) is 0 Å². The van der Waals surface area contributed by atoms with Crippen molar-refractivity contribution < 1.29 is 4.57 Å². The zero-order chi connectivity index (χ0) is 12.8. The molecule has 0 saturated heterocycles. The summed E-state index contributed by atoms with van der Waals surface area (Å²) in [7, 11) is 0. The SMILES string of the molecule is CCCCC[n+]1ccc(C(C)C)c(C(C)C)c1. The third-order valence-corrected chi connectivity index (χ3v) is 3.35. The number of hydrogen-bond acceptors (Lipinski definition) is 0. The highest BCUT2D eigenvalue weighted by Crippen LogP contribution is 2.24. The van der Waals surface area contributed by atoms with Crippen LogP contribution in [0.5, 0.6) is 0 Å². The number of aromatic nitrogens is 1. The lowest BCUT2D eigenvalue weighted by molar-refractivity contribution is -0.697. The molecule has 0 aromatic carbocycles. The third-order valence-electron chi connectivity index (χ3n) is 3.35. The maximum atomic E-state index is 2.36. The molecule has 17 heavy (non-hydrogen) atoms. The molecule has 1 nitrogen and oxygen atoms in total. The van der Waals surface area contributed by atoms with E-state index in [1.54, 1.807) is 0 Å². The quantitative estimate of drug-likeness (QED) is 0.507. The second-order valence-electron chi connectivity index (χ2n) is 5.61. The summed E-state index contributed by atoms with van der Waals surface area (Å²) in [5, 5.41) is 0. The molecule has 0 aliphatic carbocycles. The highest BCUT2D eigenvalue weighted by Gasteiger charge is 2.14. The topological polar surface area (TPSA) is 3.88 Å². The van der Waals surface area contributed by atoms with Gasteiger partial charge in [0.2, 0.25) is 0 Å². The van der Waals surface area contributed by atoms with E-state index in [1.165, 1.54) is 30.4 Å². The number of unbranched alkanes of at least 4 members (excludes halogenated alkanes) is 2. The van der Waals surface area contributed by atoms with Crippen molar-refractivity contribution in [2.75, 3.05) is 0 Å². The van der Waals surface area contributed by atoms with Crippen LogP contribution in [-0.2, 0) is 6.54 Å². The van der Waals surface area contributed by atoms with Crippen LogP contribution in [-0.4, -0.2) is 0 Å². The Bertz CT molecular complexity index is 339. The second-order valence-corrected chi connectivity index (χ2v) is 5.61. The molecule has 0 aliphatic heterocycles. The molecule has 1 aromatic rings. The standard InChI is InChI=1S/C16H28N/c1-6-7-8-10-17-11-9-15(13(2)3)16(12-17)14(4)5/h9,11-14H,6-8,10H2,1-5H3/q+1. The molecule has 1 heteroatoms. The molecule has 0 spiro atoms. The first kappa shape index (κ1) is 14.2. The van der Waals surface area contributed by atoms with Crippen LogP contribution in [0.3, 0.4) is 0 Å². The van der Waals surface area contributed by atoms with Crippen LogP contribution in [0.1, 0.15) is 76.8 Å². The van der Waals surface area contributed by atoms with Crippen molar-refractivity contribution in [3.63, 3.8) is 0 Å². The average Bonchev–Trinajstić information content (AvgIpc) is 2.29. The van der Waals surface area contributed by atoms with Crippen LogP contribution in [0.15, 0.2) is 18.5 Å². The normalized spacial score (nSPS) is 11.5. The van der Waals surface area contributed by atoms with Crippen molar-refractivity contribution in [2.24, 2.45) is 0 Å². The van der Waals surface area contributed by atoms with Gasteiger partial charge in [-0.15, -0.1) is 0 Å². The van der Waals surface area contributed by atoms with Gasteiger partial charge in [0.15, 0.2) is 12.4 Å². The molecule has 0 unspecified atom stereocenters. The van der Waals surface area contributed by atoms with Crippen LogP contribution < -0.4 is 4.57 Å². The van der Waals surface area contributed by atoms with Gasteiger partial charge >= 0.3 is 0 Å². The zero-order valence-electron chi connectivity index (χ0n) is 12.2. The summed E-state index contributed by atoms with van der Waals surface area (Å²) in [6.45, 7) is 12.6. The zero-order valence-corrected chi connectivity index (χ0v) is 12.2. The lowest BCUT2D eigenvalue weighted by Crippen LogP contribution is -2.34. The Morgan fingerprint density at radius 2 is 1.65 bits per heavy atom. The van der Waals surface area contributed by atoms with Gasteiger partial charge in [0.25, 0.3) is 0 Å². The number of aryl methyl sites for hydroxylation is 1. The molecule has 0 atom stereocenters. The molecule has 1 heterocycles. The lowest BCUT2D eigenvalue weighted by atomic mass is 9.92. The fraction of sp³-hybridized carbons (Fsp3) is 0.688. The minimum Gasteiger partial charge on any atom is -0.205 e. The number of hydrogen-bond donors (Lipinski definition) is 0. The maximum Gasteiger partial charge on any atom is 0.172 e. The molecular formula is C16H28N+. The Morgan fingerprint density at radius 1 is 1.00 bits per heavy atom. The van der Waals surface area contributed by atoms with Crippen LogP contribution in [0.4, 0.5) is 0 Å². The van der Waals surface area contributed by atoms with E-state index < -0.39 is 0 Å². The molecule has 96 valence electrons. The van der Waals surface area contributed by atoms with Crippen molar-refractivity contribution in [3.05, 3.63) is 29.6 Å². The number of pyridine rings is 1. The van der Waals surface area contributed by atoms with Crippen LogP contribution in [0.2, 0.25) is 0 Å². The van der Waals surface area contributed by atoms with E-state index >= 15 is 0 Å². The number of rotatable bonds is 6. The molecule has 0 bridgehead atoms. The molecule has 0 N–H and O–H groups in total.